The minimum atomic E-state index is -0.448. The maximum Gasteiger partial charge on any atom is 0.0724 e. The van der Waals surface area contributed by atoms with Crippen molar-refractivity contribution in [1.82, 2.24) is 0 Å². The predicted molar refractivity (Wildman–Crippen MR) is 95.3 cm³/mol. The standard InChI is InChI=1S/C21H26O2/c22-20(16-14-18-8-3-1-4-9-18)12-7-13-21(23)17-15-19-10-5-2-6-11-19/h1-12,20-23H,13-17H2/b12-7-/t20-,21+/m1/s1. The van der Waals surface area contributed by atoms with E-state index in [2.05, 4.69) is 24.3 Å². The van der Waals surface area contributed by atoms with E-state index in [0.717, 1.165) is 19.3 Å². The van der Waals surface area contributed by atoms with Crippen LogP contribution in [0.15, 0.2) is 72.8 Å². The Morgan fingerprint density at radius 3 is 1.83 bits per heavy atom. The fraction of sp³-hybridized carbons (Fsp3) is 0.333. The molecule has 0 aliphatic rings. The predicted octanol–water partition coefficient (Wildman–Crippen LogP) is 3.92. The van der Waals surface area contributed by atoms with E-state index in [9.17, 15) is 10.2 Å². The van der Waals surface area contributed by atoms with Crippen LogP contribution in [0.3, 0.4) is 0 Å². The lowest BCUT2D eigenvalue weighted by Crippen LogP contribution is -2.08. The van der Waals surface area contributed by atoms with E-state index < -0.39 is 6.10 Å². The number of hydrogen-bond acceptors (Lipinski definition) is 2. The van der Waals surface area contributed by atoms with Crippen molar-refractivity contribution in [2.75, 3.05) is 0 Å². The first-order chi connectivity index (χ1) is 11.2. The van der Waals surface area contributed by atoms with Crippen LogP contribution in [0, 0.1) is 0 Å². The molecule has 0 bridgehead atoms. The smallest absolute Gasteiger partial charge is 0.0724 e. The Hall–Kier alpha value is -1.90. The molecule has 0 aliphatic heterocycles. The molecule has 2 N–H and O–H groups in total. The fourth-order valence-corrected chi connectivity index (χ4v) is 2.54. The second-order valence-corrected chi connectivity index (χ2v) is 5.93. The number of aliphatic hydroxyl groups excluding tert-OH is 2. The lowest BCUT2D eigenvalue weighted by Gasteiger charge is -2.09. The molecule has 23 heavy (non-hydrogen) atoms. The summed E-state index contributed by atoms with van der Waals surface area (Å²) in [7, 11) is 0. The summed E-state index contributed by atoms with van der Waals surface area (Å²) in [6, 6.07) is 20.4. The Labute approximate surface area is 139 Å². The normalized spacial score (nSPS) is 14.0. The zero-order valence-electron chi connectivity index (χ0n) is 13.5. The molecule has 0 aromatic heterocycles. The monoisotopic (exact) mass is 310 g/mol. The number of aliphatic hydroxyl groups is 2. The molecule has 0 fully saturated rings. The number of benzene rings is 2. The molecule has 2 aromatic rings. The SMILES string of the molecule is O[C@@H](C/C=C\[C@@H](O)CCc1ccccc1)CCc1ccccc1. The van der Waals surface area contributed by atoms with E-state index in [-0.39, 0.29) is 6.10 Å². The van der Waals surface area contributed by atoms with E-state index in [0.29, 0.717) is 12.8 Å². The topological polar surface area (TPSA) is 40.5 Å². The highest BCUT2D eigenvalue weighted by atomic mass is 16.3. The molecule has 0 spiro atoms. The van der Waals surface area contributed by atoms with Gasteiger partial charge in [-0.05, 0) is 43.2 Å². The van der Waals surface area contributed by atoms with Gasteiger partial charge in [-0.1, -0.05) is 72.8 Å². The first-order valence-corrected chi connectivity index (χ1v) is 8.34. The summed E-state index contributed by atoms with van der Waals surface area (Å²) in [6.45, 7) is 0. The zero-order chi connectivity index (χ0) is 16.3. The molecule has 0 saturated heterocycles. The van der Waals surface area contributed by atoms with Gasteiger partial charge in [0.05, 0.1) is 12.2 Å². The Morgan fingerprint density at radius 2 is 1.26 bits per heavy atom. The second-order valence-electron chi connectivity index (χ2n) is 5.93. The van der Waals surface area contributed by atoms with Crippen LogP contribution in [0.2, 0.25) is 0 Å². The van der Waals surface area contributed by atoms with E-state index >= 15 is 0 Å². The van der Waals surface area contributed by atoms with Gasteiger partial charge in [-0.2, -0.15) is 0 Å². The number of hydrogen-bond donors (Lipinski definition) is 2. The molecule has 0 heterocycles. The van der Waals surface area contributed by atoms with Crippen molar-refractivity contribution in [1.29, 1.82) is 0 Å². The van der Waals surface area contributed by atoms with E-state index in [1.807, 2.05) is 42.5 Å². The van der Waals surface area contributed by atoms with Crippen molar-refractivity contribution in [3.8, 4) is 0 Å². The quantitative estimate of drug-likeness (QED) is 0.689. The molecule has 0 radical (unpaired) electrons. The van der Waals surface area contributed by atoms with Gasteiger partial charge in [0.15, 0.2) is 0 Å². The minimum Gasteiger partial charge on any atom is -0.393 e. The van der Waals surface area contributed by atoms with Crippen LogP contribution >= 0.6 is 0 Å². The lowest BCUT2D eigenvalue weighted by molar-refractivity contribution is 0.167. The van der Waals surface area contributed by atoms with E-state index in [4.69, 9.17) is 0 Å². The van der Waals surface area contributed by atoms with Crippen molar-refractivity contribution < 1.29 is 10.2 Å². The third-order valence-corrected chi connectivity index (χ3v) is 3.95. The van der Waals surface area contributed by atoms with Gasteiger partial charge in [0.1, 0.15) is 0 Å². The van der Waals surface area contributed by atoms with Crippen LogP contribution in [-0.2, 0) is 12.8 Å². The summed E-state index contributed by atoms with van der Waals surface area (Å²) in [5.41, 5.74) is 2.49. The van der Waals surface area contributed by atoms with Gasteiger partial charge >= 0.3 is 0 Å². The maximum atomic E-state index is 10.00. The maximum absolute atomic E-state index is 10.00. The molecular formula is C21H26O2. The van der Waals surface area contributed by atoms with Crippen LogP contribution in [0.1, 0.15) is 30.4 Å². The van der Waals surface area contributed by atoms with Crippen molar-refractivity contribution in [2.45, 2.75) is 44.3 Å². The summed E-state index contributed by atoms with van der Waals surface area (Å²) < 4.78 is 0. The Morgan fingerprint density at radius 1 is 0.739 bits per heavy atom. The summed E-state index contributed by atoms with van der Waals surface area (Å²) in [6.07, 6.45) is 6.68. The van der Waals surface area contributed by atoms with Gasteiger partial charge in [0.25, 0.3) is 0 Å². The average Bonchev–Trinajstić information content (AvgIpc) is 2.60. The Balaban J connectivity index is 1.62. The molecule has 0 aliphatic carbocycles. The van der Waals surface area contributed by atoms with Gasteiger partial charge in [-0.25, -0.2) is 0 Å². The molecule has 2 heteroatoms. The third-order valence-electron chi connectivity index (χ3n) is 3.95. The largest absolute Gasteiger partial charge is 0.393 e. The minimum absolute atomic E-state index is 0.354. The number of rotatable bonds is 9. The van der Waals surface area contributed by atoms with Gasteiger partial charge in [0, 0.05) is 0 Å². The van der Waals surface area contributed by atoms with Crippen LogP contribution in [-0.4, -0.2) is 22.4 Å². The second kappa shape index (κ2) is 9.98. The first-order valence-electron chi connectivity index (χ1n) is 8.34. The van der Waals surface area contributed by atoms with Gasteiger partial charge in [-0.15, -0.1) is 0 Å². The average molecular weight is 310 g/mol. The molecule has 122 valence electrons. The Bertz CT molecular complexity index is 563. The van der Waals surface area contributed by atoms with Gasteiger partial charge in [-0.3, -0.25) is 0 Å². The van der Waals surface area contributed by atoms with E-state index in [1.165, 1.54) is 11.1 Å². The van der Waals surface area contributed by atoms with Gasteiger partial charge < -0.3 is 10.2 Å². The van der Waals surface area contributed by atoms with Crippen molar-refractivity contribution in [3.05, 3.63) is 83.9 Å². The fourth-order valence-electron chi connectivity index (χ4n) is 2.54. The zero-order valence-corrected chi connectivity index (χ0v) is 13.5. The molecular weight excluding hydrogens is 284 g/mol. The molecule has 2 aromatic carbocycles. The van der Waals surface area contributed by atoms with Crippen LogP contribution in [0.25, 0.3) is 0 Å². The summed E-state index contributed by atoms with van der Waals surface area (Å²) in [4.78, 5) is 0. The van der Waals surface area contributed by atoms with Crippen LogP contribution < -0.4 is 0 Å². The molecule has 0 saturated carbocycles. The molecule has 0 unspecified atom stereocenters. The lowest BCUT2D eigenvalue weighted by atomic mass is 10.0. The highest BCUT2D eigenvalue weighted by Gasteiger charge is 2.04. The highest BCUT2D eigenvalue weighted by molar-refractivity contribution is 5.15. The molecule has 2 nitrogen and oxygen atoms in total. The van der Waals surface area contributed by atoms with Crippen molar-refractivity contribution >= 4 is 0 Å². The van der Waals surface area contributed by atoms with Crippen molar-refractivity contribution in [3.63, 3.8) is 0 Å². The molecule has 2 rings (SSSR count). The van der Waals surface area contributed by atoms with E-state index in [1.54, 1.807) is 6.08 Å². The van der Waals surface area contributed by atoms with Crippen LogP contribution in [0.5, 0.6) is 0 Å². The number of aryl methyl sites for hydroxylation is 2. The first kappa shape index (κ1) is 17.5. The summed E-state index contributed by atoms with van der Waals surface area (Å²) >= 11 is 0. The Kier molecular flexibility index (Phi) is 7.58. The van der Waals surface area contributed by atoms with Crippen molar-refractivity contribution in [2.24, 2.45) is 0 Å². The summed E-state index contributed by atoms with van der Waals surface area (Å²) in [5, 5.41) is 20.0. The highest BCUT2D eigenvalue weighted by Crippen LogP contribution is 2.09. The third kappa shape index (κ3) is 7.27. The summed E-state index contributed by atoms with van der Waals surface area (Å²) in [5.74, 6) is 0. The van der Waals surface area contributed by atoms with Crippen LogP contribution in [0.4, 0.5) is 0 Å². The molecule has 2 atom stereocenters. The molecule has 0 amide bonds. The van der Waals surface area contributed by atoms with Gasteiger partial charge in [0.2, 0.25) is 0 Å².